The molecule has 1 amide bonds. The molecule has 35 heavy (non-hydrogen) atoms. The highest BCUT2D eigenvalue weighted by atomic mass is 16.4. The summed E-state index contributed by atoms with van der Waals surface area (Å²) in [5, 5.41) is 31.2. The number of fused-ring (bicyclic) bond motifs is 5. The molecule has 0 aromatic carbocycles. The Labute approximate surface area is 210 Å². The van der Waals surface area contributed by atoms with Crippen LogP contribution < -0.4 is 0 Å². The number of nitrogens with zero attached hydrogens (tertiary/aromatic N) is 1. The number of aliphatic hydroxyl groups is 2. The summed E-state index contributed by atoms with van der Waals surface area (Å²) in [4.78, 5) is 26.0. The van der Waals surface area contributed by atoms with Gasteiger partial charge in [-0.05, 0) is 117 Å². The molecule has 11 atom stereocenters. The van der Waals surface area contributed by atoms with Crippen molar-refractivity contribution in [3.8, 4) is 0 Å². The Kier molecular flexibility index (Phi) is 6.78. The lowest BCUT2D eigenvalue weighted by molar-refractivity contribution is -0.174. The Morgan fingerprint density at radius 2 is 1.69 bits per heavy atom. The highest BCUT2D eigenvalue weighted by Gasteiger charge is 2.62. The number of hydrogen-bond acceptors (Lipinski definition) is 4. The molecule has 5 rings (SSSR count). The second-order valence-electron chi connectivity index (χ2n) is 13.6. The van der Waals surface area contributed by atoms with E-state index < -0.39 is 12.0 Å². The lowest BCUT2D eigenvalue weighted by atomic mass is 9.43. The van der Waals surface area contributed by atoms with Gasteiger partial charge in [0, 0.05) is 13.0 Å². The number of carbonyl (C=O) groups is 2. The Bertz CT molecular complexity index is 832. The van der Waals surface area contributed by atoms with Crippen LogP contribution in [0, 0.1) is 46.3 Å². The van der Waals surface area contributed by atoms with E-state index >= 15 is 0 Å². The van der Waals surface area contributed by atoms with Gasteiger partial charge in [-0.15, -0.1) is 0 Å². The van der Waals surface area contributed by atoms with E-state index in [1.807, 2.05) is 0 Å². The fourth-order valence-electron chi connectivity index (χ4n) is 10.2. The van der Waals surface area contributed by atoms with E-state index in [9.17, 15) is 24.9 Å². The van der Waals surface area contributed by atoms with Crippen molar-refractivity contribution in [3.05, 3.63) is 0 Å². The number of aliphatic hydroxyl groups excluding tert-OH is 2. The highest BCUT2D eigenvalue weighted by Crippen LogP contribution is 2.68. The zero-order valence-corrected chi connectivity index (χ0v) is 22.0. The van der Waals surface area contributed by atoms with Crippen LogP contribution in [0.1, 0.15) is 97.8 Å². The minimum absolute atomic E-state index is 0.00585. The molecule has 0 bridgehead atoms. The predicted molar refractivity (Wildman–Crippen MR) is 133 cm³/mol. The molecule has 0 aromatic rings. The fraction of sp³-hybridized carbons (Fsp3) is 0.931. The van der Waals surface area contributed by atoms with Crippen LogP contribution in [-0.4, -0.2) is 56.9 Å². The topological polar surface area (TPSA) is 98.1 Å². The van der Waals surface area contributed by atoms with Crippen LogP contribution in [0.2, 0.25) is 0 Å². The van der Waals surface area contributed by atoms with Gasteiger partial charge in [0.05, 0.1) is 12.2 Å². The number of amides is 1. The molecular formula is C29H47NO5. The van der Waals surface area contributed by atoms with E-state index in [-0.39, 0.29) is 28.9 Å². The molecule has 0 radical (unpaired) electrons. The average Bonchev–Trinajstić information content (AvgIpc) is 3.43. The normalized spacial score (nSPS) is 48.1. The van der Waals surface area contributed by atoms with E-state index in [1.54, 1.807) is 4.90 Å². The molecule has 1 saturated heterocycles. The van der Waals surface area contributed by atoms with Crippen molar-refractivity contribution < 1.29 is 24.9 Å². The van der Waals surface area contributed by atoms with Gasteiger partial charge in [-0.2, -0.15) is 0 Å². The van der Waals surface area contributed by atoms with Gasteiger partial charge in [0.1, 0.15) is 6.04 Å². The molecule has 0 spiro atoms. The van der Waals surface area contributed by atoms with Gasteiger partial charge < -0.3 is 20.2 Å². The molecule has 1 heterocycles. The summed E-state index contributed by atoms with van der Waals surface area (Å²) in [7, 11) is 0. The molecule has 6 nitrogen and oxygen atoms in total. The van der Waals surface area contributed by atoms with Gasteiger partial charge in [0.15, 0.2) is 0 Å². The third kappa shape index (κ3) is 4.15. The predicted octanol–water partition coefficient (Wildman–Crippen LogP) is 4.47. The van der Waals surface area contributed by atoms with Crippen LogP contribution in [0.3, 0.4) is 0 Å². The van der Waals surface area contributed by atoms with Crippen LogP contribution in [-0.2, 0) is 9.59 Å². The summed E-state index contributed by atoms with van der Waals surface area (Å²) >= 11 is 0. The van der Waals surface area contributed by atoms with Crippen molar-refractivity contribution in [1.29, 1.82) is 0 Å². The molecule has 6 heteroatoms. The molecule has 3 unspecified atom stereocenters. The van der Waals surface area contributed by atoms with Gasteiger partial charge in [-0.25, -0.2) is 4.79 Å². The lowest BCUT2D eigenvalue weighted by Gasteiger charge is -2.62. The summed E-state index contributed by atoms with van der Waals surface area (Å²) in [5.41, 5.74) is 0.455. The van der Waals surface area contributed by atoms with Crippen molar-refractivity contribution in [2.45, 2.75) is 116 Å². The van der Waals surface area contributed by atoms with Gasteiger partial charge in [-0.1, -0.05) is 20.8 Å². The van der Waals surface area contributed by atoms with Crippen LogP contribution in [0.25, 0.3) is 0 Å². The number of rotatable bonds is 5. The SMILES string of the molecule is CC(CCC(=O)N1CCC[C@@H]1C(=O)O)C1CC[C@H]2[C@@H]3[C@@H](O)CC4C[C@H](O)CC[C@]4(C)[C@H]3CC[C@]12C. The zero-order chi connectivity index (χ0) is 25.1. The maximum absolute atomic E-state index is 12.9. The minimum Gasteiger partial charge on any atom is -0.480 e. The van der Waals surface area contributed by atoms with Crippen molar-refractivity contribution >= 4 is 11.9 Å². The highest BCUT2D eigenvalue weighted by molar-refractivity contribution is 5.84. The van der Waals surface area contributed by atoms with Gasteiger partial charge in [0.25, 0.3) is 0 Å². The van der Waals surface area contributed by atoms with E-state index in [4.69, 9.17) is 0 Å². The van der Waals surface area contributed by atoms with E-state index in [1.165, 1.54) is 25.7 Å². The number of carboxylic acid groups (broad SMARTS) is 1. The number of carboxylic acids is 1. The van der Waals surface area contributed by atoms with Crippen molar-refractivity contribution in [2.24, 2.45) is 46.3 Å². The van der Waals surface area contributed by atoms with Gasteiger partial charge in [0.2, 0.25) is 5.91 Å². The summed E-state index contributed by atoms with van der Waals surface area (Å²) in [5.74, 6) is 2.01. The molecular weight excluding hydrogens is 442 g/mol. The van der Waals surface area contributed by atoms with Crippen molar-refractivity contribution in [3.63, 3.8) is 0 Å². The Morgan fingerprint density at radius 1 is 0.971 bits per heavy atom. The summed E-state index contributed by atoms with van der Waals surface area (Å²) in [6.45, 7) is 7.80. The fourth-order valence-corrected chi connectivity index (χ4v) is 10.2. The lowest BCUT2D eigenvalue weighted by Crippen LogP contribution is -2.58. The maximum Gasteiger partial charge on any atom is 0.326 e. The molecule has 4 saturated carbocycles. The first-order valence-electron chi connectivity index (χ1n) is 14.4. The van der Waals surface area contributed by atoms with Gasteiger partial charge in [-0.3, -0.25) is 4.79 Å². The number of aliphatic carboxylic acids is 1. The third-order valence-corrected chi connectivity index (χ3v) is 12.1. The summed E-state index contributed by atoms with van der Waals surface area (Å²) < 4.78 is 0. The number of hydrogen-bond donors (Lipinski definition) is 3. The molecule has 0 aromatic heterocycles. The van der Waals surface area contributed by atoms with Crippen LogP contribution in [0.4, 0.5) is 0 Å². The van der Waals surface area contributed by atoms with Crippen LogP contribution in [0.5, 0.6) is 0 Å². The van der Waals surface area contributed by atoms with Gasteiger partial charge >= 0.3 is 5.97 Å². The standard InChI is InChI=1S/C29H47NO5/c1-17(6-9-25(33)30-14-4-5-23(30)27(34)35)20-7-8-21-26-22(11-13-29(20,21)3)28(2)12-10-19(31)15-18(28)16-24(26)32/h17-24,26,31-32H,4-16H2,1-3H3,(H,34,35)/t17?,18?,19-,20?,21+,22+,23-,24+,26+,28+,29-/m1/s1. The maximum atomic E-state index is 12.9. The van der Waals surface area contributed by atoms with E-state index in [2.05, 4.69) is 20.8 Å². The number of likely N-dealkylation sites (tertiary alicyclic amines) is 1. The molecule has 4 aliphatic carbocycles. The van der Waals surface area contributed by atoms with Crippen LogP contribution in [0.15, 0.2) is 0 Å². The largest absolute Gasteiger partial charge is 0.480 e. The first-order chi connectivity index (χ1) is 16.6. The molecule has 5 aliphatic rings. The van der Waals surface area contributed by atoms with Crippen molar-refractivity contribution in [1.82, 2.24) is 4.90 Å². The third-order valence-electron chi connectivity index (χ3n) is 12.1. The zero-order valence-electron chi connectivity index (χ0n) is 22.0. The first-order valence-corrected chi connectivity index (χ1v) is 14.4. The monoisotopic (exact) mass is 489 g/mol. The first kappa shape index (κ1) is 25.5. The quantitative estimate of drug-likeness (QED) is 0.529. The van der Waals surface area contributed by atoms with E-state index in [0.717, 1.165) is 38.5 Å². The minimum atomic E-state index is -0.874. The summed E-state index contributed by atoms with van der Waals surface area (Å²) in [6, 6.07) is -0.639. The van der Waals surface area contributed by atoms with Crippen LogP contribution >= 0.6 is 0 Å². The van der Waals surface area contributed by atoms with E-state index in [0.29, 0.717) is 54.9 Å². The molecule has 198 valence electrons. The second kappa shape index (κ2) is 9.31. The summed E-state index contributed by atoms with van der Waals surface area (Å²) in [6.07, 6.45) is 10.6. The number of carbonyl (C=O) groups excluding carboxylic acids is 1. The Balaban J connectivity index is 1.26. The Morgan fingerprint density at radius 3 is 2.43 bits per heavy atom. The Hall–Kier alpha value is -1.14. The molecule has 5 fully saturated rings. The average molecular weight is 490 g/mol. The smallest absolute Gasteiger partial charge is 0.326 e. The molecule has 1 aliphatic heterocycles. The second-order valence-corrected chi connectivity index (χ2v) is 13.6. The van der Waals surface area contributed by atoms with Crippen molar-refractivity contribution in [2.75, 3.05) is 6.54 Å². The molecule has 3 N–H and O–H groups in total.